The van der Waals surface area contributed by atoms with E-state index in [2.05, 4.69) is 4.99 Å². The normalized spacial score (nSPS) is 12.2. The van der Waals surface area contributed by atoms with Gasteiger partial charge in [0.25, 0.3) is 0 Å². The van der Waals surface area contributed by atoms with Gasteiger partial charge < -0.3 is 9.30 Å². The SMILES string of the molecule is CCOC(=O)/C(C#N)=C/N=c1ccn(C)c2ccccc12. The second-order valence-electron chi connectivity index (χ2n) is 4.33. The monoisotopic (exact) mass is 281 g/mol. The maximum Gasteiger partial charge on any atom is 0.350 e. The third-order valence-corrected chi connectivity index (χ3v) is 2.96. The van der Waals surface area contributed by atoms with E-state index in [1.807, 2.05) is 48.1 Å². The van der Waals surface area contributed by atoms with Crippen molar-refractivity contribution in [2.75, 3.05) is 6.61 Å². The summed E-state index contributed by atoms with van der Waals surface area (Å²) in [4.78, 5) is 15.8. The average molecular weight is 281 g/mol. The Balaban J connectivity index is 2.54. The minimum atomic E-state index is -0.658. The summed E-state index contributed by atoms with van der Waals surface area (Å²) in [5.41, 5.74) is 0.899. The summed E-state index contributed by atoms with van der Waals surface area (Å²) in [6, 6.07) is 11.4. The number of esters is 1. The molecule has 0 fully saturated rings. The van der Waals surface area contributed by atoms with E-state index >= 15 is 0 Å². The van der Waals surface area contributed by atoms with Crippen molar-refractivity contribution in [2.24, 2.45) is 12.0 Å². The Morgan fingerprint density at radius 3 is 2.90 bits per heavy atom. The number of rotatable bonds is 3. The standard InChI is InChI=1S/C16H15N3O2/c1-3-21-16(20)12(10-17)11-18-14-8-9-19(2)15-7-5-4-6-13(14)15/h4-9,11H,3H2,1-2H3/b12-11+,18-14?. The molecule has 0 aliphatic carbocycles. The van der Waals surface area contributed by atoms with E-state index in [0.29, 0.717) is 5.36 Å². The van der Waals surface area contributed by atoms with Crippen LogP contribution in [0.25, 0.3) is 10.9 Å². The average Bonchev–Trinajstić information content (AvgIpc) is 2.50. The minimum absolute atomic E-state index is 0.117. The van der Waals surface area contributed by atoms with Gasteiger partial charge in [-0.3, -0.25) is 4.99 Å². The van der Waals surface area contributed by atoms with Crippen LogP contribution in [0.2, 0.25) is 0 Å². The predicted octanol–water partition coefficient (Wildman–Crippen LogP) is 2.05. The predicted molar refractivity (Wildman–Crippen MR) is 78.8 cm³/mol. The molecule has 0 aliphatic rings. The van der Waals surface area contributed by atoms with Crippen LogP contribution in [-0.2, 0) is 16.6 Å². The molecule has 0 radical (unpaired) electrons. The second kappa shape index (κ2) is 6.53. The van der Waals surface area contributed by atoms with Crippen LogP contribution >= 0.6 is 0 Å². The van der Waals surface area contributed by atoms with E-state index in [9.17, 15) is 4.79 Å². The van der Waals surface area contributed by atoms with Gasteiger partial charge in [0.1, 0.15) is 6.07 Å². The van der Waals surface area contributed by atoms with Crippen molar-refractivity contribution in [3.8, 4) is 6.07 Å². The molecule has 2 rings (SSSR count). The van der Waals surface area contributed by atoms with Crippen LogP contribution in [0.1, 0.15) is 6.92 Å². The summed E-state index contributed by atoms with van der Waals surface area (Å²) in [6.45, 7) is 1.91. The van der Waals surface area contributed by atoms with Crippen LogP contribution in [0.15, 0.2) is 53.3 Å². The van der Waals surface area contributed by atoms with E-state index < -0.39 is 5.97 Å². The summed E-state index contributed by atoms with van der Waals surface area (Å²) in [5.74, 6) is -0.658. The zero-order valence-corrected chi connectivity index (χ0v) is 11.9. The van der Waals surface area contributed by atoms with Crippen molar-refractivity contribution in [1.82, 2.24) is 4.57 Å². The van der Waals surface area contributed by atoms with Gasteiger partial charge in [0.2, 0.25) is 0 Å². The lowest BCUT2D eigenvalue weighted by Gasteiger charge is -2.04. The van der Waals surface area contributed by atoms with Gasteiger partial charge in [0.05, 0.1) is 18.2 Å². The van der Waals surface area contributed by atoms with Crippen LogP contribution < -0.4 is 5.36 Å². The first-order valence-electron chi connectivity index (χ1n) is 6.53. The van der Waals surface area contributed by atoms with Crippen molar-refractivity contribution in [2.45, 2.75) is 6.92 Å². The number of aromatic nitrogens is 1. The van der Waals surface area contributed by atoms with Crippen molar-refractivity contribution < 1.29 is 9.53 Å². The zero-order valence-electron chi connectivity index (χ0n) is 11.9. The highest BCUT2D eigenvalue weighted by Crippen LogP contribution is 2.07. The van der Waals surface area contributed by atoms with Gasteiger partial charge in [-0.15, -0.1) is 0 Å². The Bertz CT molecular complexity index is 810. The van der Waals surface area contributed by atoms with Crippen LogP contribution in [0.4, 0.5) is 0 Å². The fraction of sp³-hybridized carbons (Fsp3) is 0.188. The molecule has 5 heteroatoms. The topological polar surface area (TPSA) is 67.4 Å². The molecule has 0 spiro atoms. The molecule has 5 nitrogen and oxygen atoms in total. The fourth-order valence-corrected chi connectivity index (χ4v) is 1.93. The lowest BCUT2D eigenvalue weighted by Crippen LogP contribution is -2.08. The summed E-state index contributed by atoms with van der Waals surface area (Å²) in [5, 5.41) is 10.6. The first-order chi connectivity index (χ1) is 10.2. The maximum atomic E-state index is 11.5. The molecular formula is C16H15N3O2. The van der Waals surface area contributed by atoms with Crippen molar-refractivity contribution in [3.63, 3.8) is 0 Å². The quantitative estimate of drug-likeness (QED) is 0.491. The molecular weight excluding hydrogens is 266 g/mol. The van der Waals surface area contributed by atoms with Crippen molar-refractivity contribution >= 4 is 16.9 Å². The molecule has 0 atom stereocenters. The highest BCUT2D eigenvalue weighted by molar-refractivity contribution is 5.92. The number of pyridine rings is 1. The van der Waals surface area contributed by atoms with E-state index in [-0.39, 0.29) is 12.2 Å². The summed E-state index contributed by atoms with van der Waals surface area (Å²) in [6.07, 6.45) is 3.13. The van der Waals surface area contributed by atoms with Gasteiger partial charge in [-0.05, 0) is 19.1 Å². The van der Waals surface area contributed by atoms with Crippen molar-refractivity contribution in [3.05, 3.63) is 53.7 Å². The number of nitrogens with zero attached hydrogens (tertiary/aromatic N) is 3. The molecule has 0 aliphatic heterocycles. The number of aryl methyl sites for hydroxylation is 1. The largest absolute Gasteiger partial charge is 0.462 e. The molecule has 1 aromatic carbocycles. The van der Waals surface area contributed by atoms with E-state index in [4.69, 9.17) is 10.00 Å². The molecule has 0 amide bonds. The minimum Gasteiger partial charge on any atom is -0.462 e. The van der Waals surface area contributed by atoms with Gasteiger partial charge >= 0.3 is 5.97 Å². The molecule has 0 unspecified atom stereocenters. The maximum absolute atomic E-state index is 11.5. The second-order valence-corrected chi connectivity index (χ2v) is 4.33. The van der Waals surface area contributed by atoms with E-state index in [0.717, 1.165) is 10.9 Å². The highest BCUT2D eigenvalue weighted by Gasteiger charge is 2.08. The number of nitriles is 1. The smallest absolute Gasteiger partial charge is 0.350 e. The summed E-state index contributed by atoms with van der Waals surface area (Å²) in [7, 11) is 1.95. The molecule has 0 saturated carbocycles. The Kier molecular flexibility index (Phi) is 4.52. The first kappa shape index (κ1) is 14.5. The molecule has 0 bridgehead atoms. The van der Waals surface area contributed by atoms with E-state index in [1.165, 1.54) is 6.20 Å². The van der Waals surface area contributed by atoms with Crippen LogP contribution in [0, 0.1) is 11.3 Å². The molecule has 1 heterocycles. The third kappa shape index (κ3) is 3.18. The molecule has 2 aromatic rings. The lowest BCUT2D eigenvalue weighted by molar-refractivity contribution is -0.138. The van der Waals surface area contributed by atoms with Crippen LogP contribution in [0.3, 0.4) is 0 Å². The number of ether oxygens (including phenoxy) is 1. The molecule has 106 valence electrons. The van der Waals surface area contributed by atoms with Crippen LogP contribution in [0.5, 0.6) is 0 Å². The zero-order chi connectivity index (χ0) is 15.2. The Morgan fingerprint density at radius 1 is 1.43 bits per heavy atom. The fourth-order valence-electron chi connectivity index (χ4n) is 1.93. The van der Waals surface area contributed by atoms with Gasteiger partial charge in [-0.25, -0.2) is 4.79 Å². The molecule has 0 N–H and O–H groups in total. The Morgan fingerprint density at radius 2 is 2.19 bits per heavy atom. The first-order valence-corrected chi connectivity index (χ1v) is 6.53. The van der Waals surface area contributed by atoms with Crippen molar-refractivity contribution in [1.29, 1.82) is 5.26 Å². The number of carbonyl (C=O) groups is 1. The molecule has 0 saturated heterocycles. The lowest BCUT2D eigenvalue weighted by atomic mass is 10.2. The van der Waals surface area contributed by atoms with Gasteiger partial charge in [-0.1, -0.05) is 18.2 Å². The number of hydrogen-bond donors (Lipinski definition) is 0. The number of hydrogen-bond acceptors (Lipinski definition) is 4. The van der Waals surface area contributed by atoms with Gasteiger partial charge in [0.15, 0.2) is 5.57 Å². The number of fused-ring (bicyclic) bond motifs is 1. The van der Waals surface area contributed by atoms with Crippen LogP contribution in [-0.4, -0.2) is 17.1 Å². The third-order valence-electron chi connectivity index (χ3n) is 2.96. The van der Waals surface area contributed by atoms with E-state index in [1.54, 1.807) is 13.0 Å². The number of carbonyl (C=O) groups excluding carboxylic acids is 1. The summed E-state index contributed by atoms with van der Waals surface area (Å²) < 4.78 is 6.78. The Hall–Kier alpha value is -2.87. The Labute approximate surface area is 122 Å². The number of benzene rings is 1. The number of para-hydroxylation sites is 1. The molecule has 21 heavy (non-hydrogen) atoms. The van der Waals surface area contributed by atoms with Gasteiger partial charge in [0, 0.05) is 24.1 Å². The molecule has 1 aromatic heterocycles. The van der Waals surface area contributed by atoms with Gasteiger partial charge in [-0.2, -0.15) is 5.26 Å². The highest BCUT2D eigenvalue weighted by atomic mass is 16.5. The summed E-state index contributed by atoms with van der Waals surface area (Å²) >= 11 is 0.